The molecular formula is C32H39N7. The second kappa shape index (κ2) is 14.6. The van der Waals surface area contributed by atoms with E-state index in [1.807, 2.05) is 48.8 Å². The predicted octanol–water partition coefficient (Wildman–Crippen LogP) is 4.24. The summed E-state index contributed by atoms with van der Waals surface area (Å²) < 4.78 is 0. The molecule has 0 saturated carbocycles. The van der Waals surface area contributed by atoms with Gasteiger partial charge < -0.3 is 16.0 Å². The van der Waals surface area contributed by atoms with Crippen molar-refractivity contribution in [2.24, 2.45) is 0 Å². The Labute approximate surface area is 232 Å². The lowest BCUT2D eigenvalue weighted by molar-refractivity contribution is 0.260. The van der Waals surface area contributed by atoms with Crippen molar-refractivity contribution in [3.8, 4) is 33.9 Å². The van der Waals surface area contributed by atoms with Crippen molar-refractivity contribution in [2.45, 2.75) is 19.4 Å². The van der Waals surface area contributed by atoms with Gasteiger partial charge in [0.25, 0.3) is 0 Å². The third kappa shape index (κ3) is 8.25. The average Bonchev–Trinajstić information content (AvgIpc) is 3.00. The summed E-state index contributed by atoms with van der Waals surface area (Å²) in [6.45, 7) is 9.41. The minimum absolute atomic E-state index is 0.848. The van der Waals surface area contributed by atoms with Crippen LogP contribution in [0.25, 0.3) is 33.9 Å². The zero-order valence-electron chi connectivity index (χ0n) is 22.6. The van der Waals surface area contributed by atoms with Crippen LogP contribution < -0.4 is 16.0 Å². The number of aromatic nitrogens is 3. The molecule has 7 nitrogen and oxygen atoms in total. The minimum Gasteiger partial charge on any atom is -0.315 e. The molecule has 0 spiro atoms. The SMILES string of the molecule is c1ccc(-c2cc(-c3ccc(CN4CCCNCCNCCCNCC4)cc3)cc(-c3ccccn3)n2)nc1. The van der Waals surface area contributed by atoms with E-state index in [0.717, 1.165) is 99.2 Å². The molecule has 1 saturated heterocycles. The van der Waals surface area contributed by atoms with E-state index in [9.17, 15) is 0 Å². The monoisotopic (exact) mass is 521 g/mol. The molecule has 7 heteroatoms. The highest BCUT2D eigenvalue weighted by atomic mass is 15.1. The van der Waals surface area contributed by atoms with Crippen molar-refractivity contribution >= 4 is 0 Å². The quantitative estimate of drug-likeness (QED) is 0.363. The highest BCUT2D eigenvalue weighted by molar-refractivity contribution is 5.74. The Bertz CT molecular complexity index is 1190. The van der Waals surface area contributed by atoms with Crippen molar-refractivity contribution < 1.29 is 0 Å². The maximum absolute atomic E-state index is 4.90. The minimum atomic E-state index is 0.848. The van der Waals surface area contributed by atoms with Crippen LogP contribution in [0, 0.1) is 0 Å². The molecule has 0 bridgehead atoms. The molecule has 0 aliphatic carbocycles. The summed E-state index contributed by atoms with van der Waals surface area (Å²) in [5.74, 6) is 0. The van der Waals surface area contributed by atoms with Gasteiger partial charge in [-0.2, -0.15) is 0 Å². The van der Waals surface area contributed by atoms with Crippen LogP contribution in [0.5, 0.6) is 0 Å². The second-order valence-corrected chi connectivity index (χ2v) is 9.99. The Balaban J connectivity index is 1.32. The molecule has 1 aliphatic rings. The first-order valence-corrected chi connectivity index (χ1v) is 14.1. The lowest BCUT2D eigenvalue weighted by atomic mass is 10.0. The Morgan fingerprint density at radius 1 is 0.564 bits per heavy atom. The van der Waals surface area contributed by atoms with E-state index in [0.29, 0.717) is 0 Å². The summed E-state index contributed by atoms with van der Waals surface area (Å²) in [5, 5.41) is 10.7. The molecule has 3 aromatic heterocycles. The van der Waals surface area contributed by atoms with Crippen molar-refractivity contribution in [3.63, 3.8) is 0 Å². The van der Waals surface area contributed by atoms with Gasteiger partial charge in [-0.05, 0) is 92.1 Å². The highest BCUT2D eigenvalue weighted by Crippen LogP contribution is 2.29. The topological polar surface area (TPSA) is 78.0 Å². The zero-order chi connectivity index (χ0) is 26.5. The van der Waals surface area contributed by atoms with Crippen molar-refractivity contribution in [1.82, 2.24) is 35.8 Å². The van der Waals surface area contributed by atoms with E-state index < -0.39 is 0 Å². The van der Waals surface area contributed by atoms with Crippen LogP contribution in [0.15, 0.2) is 85.2 Å². The first kappa shape index (κ1) is 27.1. The highest BCUT2D eigenvalue weighted by Gasteiger charge is 2.11. The third-order valence-electron chi connectivity index (χ3n) is 6.99. The summed E-state index contributed by atoms with van der Waals surface area (Å²) in [6, 6.07) is 25.1. The van der Waals surface area contributed by atoms with Gasteiger partial charge in [0.2, 0.25) is 0 Å². The Morgan fingerprint density at radius 3 is 1.79 bits per heavy atom. The molecule has 39 heavy (non-hydrogen) atoms. The molecule has 3 N–H and O–H groups in total. The number of nitrogens with one attached hydrogen (secondary N) is 3. The summed E-state index contributed by atoms with van der Waals surface area (Å²) >= 11 is 0. The largest absolute Gasteiger partial charge is 0.315 e. The van der Waals surface area contributed by atoms with Gasteiger partial charge in [-0.3, -0.25) is 14.9 Å². The number of benzene rings is 1. The van der Waals surface area contributed by atoms with Gasteiger partial charge in [0.15, 0.2) is 0 Å². The first-order chi connectivity index (χ1) is 19.3. The Kier molecular flexibility index (Phi) is 10.1. The molecule has 1 aliphatic heterocycles. The normalized spacial score (nSPS) is 16.4. The standard InChI is InChI=1S/C32H39N7/c1-3-16-36-29(7-1)31-23-28(24-32(38-31)30-8-2-4-17-37-30)27-11-9-26(10-12-27)25-39-21-6-15-34-19-18-33-13-5-14-35-20-22-39/h1-4,7-12,16-17,23-24,33-35H,5-6,13-15,18-22,25H2. The predicted molar refractivity (Wildman–Crippen MR) is 159 cm³/mol. The third-order valence-corrected chi connectivity index (χ3v) is 6.99. The van der Waals surface area contributed by atoms with Crippen LogP contribution in [-0.4, -0.2) is 72.2 Å². The summed E-state index contributed by atoms with van der Waals surface area (Å²) in [6.07, 6.45) is 5.94. The second-order valence-electron chi connectivity index (χ2n) is 9.99. The molecule has 4 heterocycles. The lowest BCUT2D eigenvalue weighted by Crippen LogP contribution is -2.36. The molecule has 5 rings (SSSR count). The number of hydrogen-bond acceptors (Lipinski definition) is 7. The fourth-order valence-electron chi connectivity index (χ4n) is 4.87. The molecule has 1 fully saturated rings. The van der Waals surface area contributed by atoms with E-state index >= 15 is 0 Å². The van der Waals surface area contributed by atoms with Crippen LogP contribution >= 0.6 is 0 Å². The summed E-state index contributed by atoms with van der Waals surface area (Å²) in [7, 11) is 0. The molecule has 0 radical (unpaired) electrons. The maximum atomic E-state index is 4.90. The van der Waals surface area contributed by atoms with Gasteiger partial charge in [0, 0.05) is 45.1 Å². The van der Waals surface area contributed by atoms with E-state index in [1.54, 1.807) is 0 Å². The molecule has 4 aromatic rings. The van der Waals surface area contributed by atoms with Crippen molar-refractivity contribution in [2.75, 3.05) is 52.4 Å². The maximum Gasteiger partial charge on any atom is 0.0900 e. The van der Waals surface area contributed by atoms with Crippen LogP contribution in [0.3, 0.4) is 0 Å². The van der Waals surface area contributed by atoms with Crippen LogP contribution in [-0.2, 0) is 6.54 Å². The van der Waals surface area contributed by atoms with Gasteiger partial charge in [-0.15, -0.1) is 0 Å². The number of pyridine rings is 3. The Hall–Kier alpha value is -3.49. The number of nitrogens with zero attached hydrogens (tertiary/aromatic N) is 4. The fraction of sp³-hybridized carbons (Fsp3) is 0.344. The van der Waals surface area contributed by atoms with Gasteiger partial charge in [-0.1, -0.05) is 36.4 Å². The van der Waals surface area contributed by atoms with Crippen molar-refractivity contribution in [3.05, 3.63) is 90.8 Å². The van der Waals surface area contributed by atoms with Crippen molar-refractivity contribution in [1.29, 1.82) is 0 Å². The molecule has 0 unspecified atom stereocenters. The summed E-state index contributed by atoms with van der Waals surface area (Å²) in [5.41, 5.74) is 7.02. The van der Waals surface area contributed by atoms with E-state index in [2.05, 4.69) is 67.2 Å². The molecule has 202 valence electrons. The van der Waals surface area contributed by atoms with E-state index in [-0.39, 0.29) is 0 Å². The van der Waals surface area contributed by atoms with E-state index in [4.69, 9.17) is 4.98 Å². The Morgan fingerprint density at radius 2 is 1.18 bits per heavy atom. The first-order valence-electron chi connectivity index (χ1n) is 14.1. The van der Waals surface area contributed by atoms with Crippen LogP contribution in [0.2, 0.25) is 0 Å². The van der Waals surface area contributed by atoms with Gasteiger partial charge in [-0.25, -0.2) is 4.98 Å². The van der Waals surface area contributed by atoms with Crippen LogP contribution in [0.1, 0.15) is 18.4 Å². The van der Waals surface area contributed by atoms with Crippen LogP contribution in [0.4, 0.5) is 0 Å². The number of rotatable bonds is 5. The molecule has 0 atom stereocenters. The van der Waals surface area contributed by atoms with Gasteiger partial charge >= 0.3 is 0 Å². The summed E-state index contributed by atoms with van der Waals surface area (Å²) in [4.78, 5) is 16.6. The average molecular weight is 522 g/mol. The molecular weight excluding hydrogens is 482 g/mol. The lowest BCUT2D eigenvalue weighted by Gasteiger charge is -2.23. The smallest absolute Gasteiger partial charge is 0.0900 e. The molecule has 1 aromatic carbocycles. The van der Waals surface area contributed by atoms with E-state index in [1.165, 1.54) is 12.0 Å². The van der Waals surface area contributed by atoms with Gasteiger partial charge in [0.1, 0.15) is 0 Å². The van der Waals surface area contributed by atoms with Gasteiger partial charge in [0.05, 0.1) is 22.8 Å². The molecule has 0 amide bonds. The number of hydrogen-bond donors (Lipinski definition) is 3. The fourth-order valence-corrected chi connectivity index (χ4v) is 4.87. The zero-order valence-corrected chi connectivity index (χ0v) is 22.6.